The molecule has 3 aromatic rings. The summed E-state index contributed by atoms with van der Waals surface area (Å²) in [4.78, 5) is 54.8. The molecular weight excluding hydrogens is 550 g/mol. The standard InChI is InChI=1S/C29H33N5O6.ClH/c1-17(31-2)27(36)32-22-16-33(26(35)12-13-30)23-6-4-5-7-24(23)34(28(22)37)15-21-20-10-8-19(29(38)39)14-18(20)9-11-25(21)40-3;/h4-11,14,17,22,31H,12-13,15-16,30H2,1-3H3,(H,32,36)(H,38,39);1H/t17?,22-;/m0./s1. The maximum atomic E-state index is 14.2. The number of hydrogen-bond acceptors (Lipinski definition) is 7. The van der Waals surface area contributed by atoms with Gasteiger partial charge in [0.2, 0.25) is 11.8 Å². The summed E-state index contributed by atoms with van der Waals surface area (Å²) < 4.78 is 5.65. The summed E-state index contributed by atoms with van der Waals surface area (Å²) in [7, 11) is 3.16. The highest BCUT2D eigenvalue weighted by atomic mass is 35.5. The maximum Gasteiger partial charge on any atom is 0.335 e. The zero-order valence-corrected chi connectivity index (χ0v) is 23.9. The van der Waals surface area contributed by atoms with Crippen LogP contribution in [0, 0.1) is 0 Å². The fourth-order valence-electron chi connectivity index (χ4n) is 4.80. The van der Waals surface area contributed by atoms with E-state index in [2.05, 4.69) is 10.6 Å². The number of carboxylic acid groups (broad SMARTS) is 1. The molecule has 3 amide bonds. The molecule has 1 unspecified atom stereocenters. The number of methoxy groups -OCH3 is 1. The van der Waals surface area contributed by atoms with Crippen molar-refractivity contribution in [2.45, 2.75) is 32.0 Å². The molecule has 4 rings (SSSR count). The second-order valence-electron chi connectivity index (χ2n) is 9.52. The summed E-state index contributed by atoms with van der Waals surface area (Å²) in [6.07, 6.45) is 0.0686. The van der Waals surface area contributed by atoms with E-state index in [4.69, 9.17) is 10.5 Å². The van der Waals surface area contributed by atoms with Crippen molar-refractivity contribution in [1.29, 1.82) is 0 Å². The summed E-state index contributed by atoms with van der Waals surface area (Å²) in [5, 5.41) is 16.5. The minimum absolute atomic E-state index is 0. The van der Waals surface area contributed by atoms with Gasteiger partial charge >= 0.3 is 5.97 Å². The van der Waals surface area contributed by atoms with Crippen LogP contribution >= 0.6 is 12.4 Å². The lowest BCUT2D eigenvalue weighted by atomic mass is 10.00. The summed E-state index contributed by atoms with van der Waals surface area (Å²) in [5.41, 5.74) is 7.47. The zero-order valence-electron chi connectivity index (χ0n) is 23.0. The van der Waals surface area contributed by atoms with E-state index in [1.54, 1.807) is 62.5 Å². The number of aromatic carboxylic acids is 1. The van der Waals surface area contributed by atoms with Crippen LogP contribution in [0.2, 0.25) is 0 Å². The smallest absolute Gasteiger partial charge is 0.335 e. The van der Waals surface area contributed by atoms with Crippen LogP contribution < -0.4 is 30.9 Å². The Labute approximate surface area is 244 Å². The first-order valence-corrected chi connectivity index (χ1v) is 12.9. The lowest BCUT2D eigenvalue weighted by Gasteiger charge is -2.27. The van der Waals surface area contributed by atoms with Gasteiger partial charge < -0.3 is 36.0 Å². The molecule has 0 aromatic heterocycles. The minimum Gasteiger partial charge on any atom is -0.496 e. The topological polar surface area (TPSA) is 154 Å². The molecule has 1 heterocycles. The highest BCUT2D eigenvalue weighted by Crippen LogP contribution is 2.37. The third-order valence-electron chi connectivity index (χ3n) is 7.07. The van der Waals surface area contributed by atoms with Crippen molar-refractivity contribution in [2.75, 3.05) is 37.0 Å². The number of hydrogen-bond donors (Lipinski definition) is 4. The number of para-hydroxylation sites is 2. The maximum absolute atomic E-state index is 14.2. The number of nitrogens with one attached hydrogen (secondary N) is 2. The molecule has 218 valence electrons. The quantitative estimate of drug-likeness (QED) is 0.299. The van der Waals surface area contributed by atoms with E-state index in [0.717, 1.165) is 0 Å². The minimum atomic E-state index is -1.05. The van der Waals surface area contributed by atoms with Gasteiger partial charge in [-0.05, 0) is 55.1 Å². The van der Waals surface area contributed by atoms with Crippen LogP contribution in [0.1, 0.15) is 29.3 Å². The Kier molecular flexibility index (Phi) is 10.3. The van der Waals surface area contributed by atoms with Gasteiger partial charge in [-0.15, -0.1) is 12.4 Å². The fraction of sp³-hybridized carbons (Fsp3) is 0.310. The van der Waals surface area contributed by atoms with Gasteiger partial charge in [0, 0.05) is 18.5 Å². The predicted octanol–water partition coefficient (Wildman–Crippen LogP) is 2.29. The van der Waals surface area contributed by atoms with E-state index in [1.165, 1.54) is 23.0 Å². The number of nitrogens with zero attached hydrogens (tertiary/aromatic N) is 2. The third kappa shape index (κ3) is 6.43. The molecular formula is C29H34ClN5O6. The number of rotatable bonds is 9. The molecule has 41 heavy (non-hydrogen) atoms. The number of fused-ring (bicyclic) bond motifs is 2. The molecule has 0 aliphatic carbocycles. The number of carbonyl (C=O) groups is 4. The van der Waals surface area contributed by atoms with Crippen LogP contribution in [0.5, 0.6) is 5.75 Å². The SMILES string of the molecule is CNC(C)C(=O)N[C@H]1CN(C(=O)CCN)c2ccccc2N(Cc2c(OC)ccc3cc(C(=O)O)ccc23)C1=O.Cl. The lowest BCUT2D eigenvalue weighted by Crippen LogP contribution is -2.55. The second-order valence-corrected chi connectivity index (χ2v) is 9.52. The number of benzene rings is 3. The molecule has 0 radical (unpaired) electrons. The number of carboxylic acids is 1. The molecule has 0 saturated heterocycles. The molecule has 2 atom stereocenters. The Morgan fingerprint density at radius 3 is 2.46 bits per heavy atom. The number of nitrogens with two attached hydrogens (primary N) is 1. The van der Waals surface area contributed by atoms with Crippen LogP contribution in [-0.2, 0) is 20.9 Å². The first-order valence-electron chi connectivity index (χ1n) is 12.9. The van der Waals surface area contributed by atoms with Crippen LogP contribution in [-0.4, -0.2) is 68.1 Å². The van der Waals surface area contributed by atoms with Gasteiger partial charge in [-0.3, -0.25) is 14.4 Å². The van der Waals surface area contributed by atoms with Crippen molar-refractivity contribution in [3.8, 4) is 5.75 Å². The lowest BCUT2D eigenvalue weighted by molar-refractivity contribution is -0.128. The van der Waals surface area contributed by atoms with E-state index in [-0.39, 0.29) is 55.8 Å². The summed E-state index contributed by atoms with van der Waals surface area (Å²) >= 11 is 0. The van der Waals surface area contributed by atoms with Crippen molar-refractivity contribution >= 4 is 58.2 Å². The number of ether oxygens (including phenoxy) is 1. The van der Waals surface area contributed by atoms with Crippen molar-refractivity contribution in [1.82, 2.24) is 10.6 Å². The fourth-order valence-corrected chi connectivity index (χ4v) is 4.80. The average Bonchev–Trinajstić information content (AvgIpc) is 3.07. The molecule has 0 spiro atoms. The van der Waals surface area contributed by atoms with Gasteiger partial charge in [0.1, 0.15) is 11.8 Å². The van der Waals surface area contributed by atoms with Crippen molar-refractivity contribution in [2.24, 2.45) is 5.73 Å². The van der Waals surface area contributed by atoms with Crippen molar-refractivity contribution in [3.05, 3.63) is 65.7 Å². The molecule has 1 aliphatic heterocycles. The van der Waals surface area contributed by atoms with Crippen LogP contribution in [0.3, 0.4) is 0 Å². The predicted molar refractivity (Wildman–Crippen MR) is 159 cm³/mol. The van der Waals surface area contributed by atoms with Gasteiger partial charge in [0.05, 0.1) is 43.2 Å². The number of halogens is 1. The summed E-state index contributed by atoms with van der Waals surface area (Å²) in [5.74, 6) is -1.61. The second kappa shape index (κ2) is 13.4. The van der Waals surface area contributed by atoms with E-state index >= 15 is 0 Å². The molecule has 0 fully saturated rings. The largest absolute Gasteiger partial charge is 0.496 e. The number of anilines is 2. The molecule has 5 N–H and O–H groups in total. The Morgan fingerprint density at radius 1 is 1.12 bits per heavy atom. The molecule has 3 aromatic carbocycles. The molecule has 12 heteroatoms. The zero-order chi connectivity index (χ0) is 29.0. The van der Waals surface area contributed by atoms with Gasteiger partial charge in [0.15, 0.2) is 0 Å². The molecule has 0 saturated carbocycles. The van der Waals surface area contributed by atoms with Crippen LogP contribution in [0.15, 0.2) is 54.6 Å². The Hall–Kier alpha value is -4.19. The number of carbonyl (C=O) groups excluding carboxylic acids is 3. The third-order valence-corrected chi connectivity index (χ3v) is 7.07. The Morgan fingerprint density at radius 2 is 1.83 bits per heavy atom. The number of amides is 3. The van der Waals surface area contributed by atoms with Gasteiger partial charge in [-0.2, -0.15) is 0 Å². The Balaban J connectivity index is 0.00000462. The van der Waals surface area contributed by atoms with Crippen LogP contribution in [0.25, 0.3) is 10.8 Å². The van der Waals surface area contributed by atoms with Crippen molar-refractivity contribution < 1.29 is 29.0 Å². The molecule has 11 nitrogen and oxygen atoms in total. The average molecular weight is 584 g/mol. The molecule has 0 bridgehead atoms. The molecule has 1 aliphatic rings. The van der Waals surface area contributed by atoms with E-state index in [1.807, 2.05) is 0 Å². The highest BCUT2D eigenvalue weighted by Gasteiger charge is 2.37. The van der Waals surface area contributed by atoms with Crippen molar-refractivity contribution in [3.63, 3.8) is 0 Å². The number of likely N-dealkylation sites (N-methyl/N-ethyl adjacent to an activating group) is 1. The van der Waals surface area contributed by atoms with E-state index in [9.17, 15) is 24.3 Å². The first-order chi connectivity index (χ1) is 19.2. The van der Waals surface area contributed by atoms with Crippen LogP contribution in [0.4, 0.5) is 11.4 Å². The van der Waals surface area contributed by atoms with Gasteiger partial charge in [0.25, 0.3) is 5.91 Å². The summed E-state index contributed by atoms with van der Waals surface area (Å²) in [6.45, 7) is 1.78. The summed E-state index contributed by atoms with van der Waals surface area (Å²) in [6, 6.07) is 13.7. The van der Waals surface area contributed by atoms with E-state index in [0.29, 0.717) is 33.5 Å². The normalized spacial score (nSPS) is 15.4. The van der Waals surface area contributed by atoms with Gasteiger partial charge in [-0.1, -0.05) is 24.3 Å². The Bertz CT molecular complexity index is 1460. The van der Waals surface area contributed by atoms with E-state index < -0.39 is 24.0 Å². The monoisotopic (exact) mass is 583 g/mol. The first kappa shape index (κ1) is 31.3. The highest BCUT2D eigenvalue weighted by molar-refractivity contribution is 6.08. The van der Waals surface area contributed by atoms with Gasteiger partial charge in [-0.25, -0.2) is 4.79 Å².